The van der Waals surface area contributed by atoms with E-state index in [1.165, 1.54) is 6.20 Å². The summed E-state index contributed by atoms with van der Waals surface area (Å²) in [5.74, 6) is 1.05. The van der Waals surface area contributed by atoms with Crippen LogP contribution >= 0.6 is 11.5 Å². The number of amides is 1. The average Bonchev–Trinajstić information content (AvgIpc) is 3.24. The second-order valence-corrected chi connectivity index (χ2v) is 5.39. The molecule has 9 heteroatoms. The number of nitrogens with one attached hydrogen (secondary N) is 1. The van der Waals surface area contributed by atoms with Crippen molar-refractivity contribution in [2.45, 2.75) is 13.0 Å². The molecule has 23 heavy (non-hydrogen) atoms. The van der Waals surface area contributed by atoms with E-state index in [4.69, 9.17) is 9.26 Å². The summed E-state index contributed by atoms with van der Waals surface area (Å²) in [7, 11) is 1.56. The maximum absolute atomic E-state index is 12.4. The molecule has 1 amide bonds. The predicted molar refractivity (Wildman–Crippen MR) is 81.2 cm³/mol. The fourth-order valence-electron chi connectivity index (χ4n) is 2.09. The number of methoxy groups -OCH3 is 1. The third kappa shape index (κ3) is 3.19. The number of carbonyl (C=O) groups is 1. The van der Waals surface area contributed by atoms with Crippen molar-refractivity contribution < 1.29 is 14.1 Å². The Labute approximate surface area is 135 Å². The summed E-state index contributed by atoms with van der Waals surface area (Å²) in [5, 5.41) is 10.5. The Morgan fingerprint density at radius 2 is 2.22 bits per heavy atom. The van der Waals surface area contributed by atoms with Crippen molar-refractivity contribution >= 4 is 17.4 Å². The van der Waals surface area contributed by atoms with E-state index < -0.39 is 6.04 Å². The maximum Gasteiger partial charge on any atom is 0.265 e. The van der Waals surface area contributed by atoms with Gasteiger partial charge in [0.05, 0.1) is 13.3 Å². The maximum atomic E-state index is 12.4. The molecule has 0 saturated heterocycles. The van der Waals surface area contributed by atoms with Gasteiger partial charge in [-0.25, -0.2) is 0 Å². The molecule has 8 nitrogen and oxygen atoms in total. The number of ether oxygens (including phenoxy) is 1. The summed E-state index contributed by atoms with van der Waals surface area (Å²) in [6, 6.07) is 6.71. The van der Waals surface area contributed by atoms with Crippen LogP contribution in [-0.2, 0) is 0 Å². The van der Waals surface area contributed by atoms with Gasteiger partial charge < -0.3 is 14.6 Å². The Morgan fingerprint density at radius 3 is 2.87 bits per heavy atom. The molecule has 0 aliphatic rings. The first-order valence-corrected chi connectivity index (χ1v) is 7.47. The van der Waals surface area contributed by atoms with Crippen LogP contribution in [0.3, 0.4) is 0 Å². The lowest BCUT2D eigenvalue weighted by Crippen LogP contribution is -2.30. The number of aromatic nitrogens is 4. The number of carbonyl (C=O) groups excluding carboxylic acids is 1. The second-order valence-electron chi connectivity index (χ2n) is 4.60. The number of aryl methyl sites for hydroxylation is 1. The van der Waals surface area contributed by atoms with Gasteiger partial charge in [0.25, 0.3) is 5.91 Å². The average molecular weight is 331 g/mol. The molecule has 2 aromatic heterocycles. The van der Waals surface area contributed by atoms with Crippen LogP contribution in [0, 0.1) is 6.92 Å². The van der Waals surface area contributed by atoms with Gasteiger partial charge in [-0.2, -0.15) is 4.98 Å². The van der Waals surface area contributed by atoms with Gasteiger partial charge in [-0.05, 0) is 17.6 Å². The van der Waals surface area contributed by atoms with Gasteiger partial charge >= 0.3 is 0 Å². The number of nitrogens with zero attached hydrogens (tertiary/aromatic N) is 4. The minimum absolute atomic E-state index is 0.321. The topological polar surface area (TPSA) is 103 Å². The highest BCUT2D eigenvalue weighted by Crippen LogP contribution is 2.28. The Hall–Kier alpha value is -2.81. The summed E-state index contributed by atoms with van der Waals surface area (Å²) in [5.41, 5.74) is 0.724. The summed E-state index contributed by atoms with van der Waals surface area (Å²) in [4.78, 5) is 17.0. The molecule has 3 aromatic rings. The molecule has 0 aliphatic carbocycles. The first kappa shape index (κ1) is 15.1. The minimum Gasteiger partial charge on any atom is -0.496 e. The van der Waals surface area contributed by atoms with Crippen LogP contribution in [0.4, 0.5) is 0 Å². The van der Waals surface area contributed by atoms with Crippen LogP contribution in [0.5, 0.6) is 5.75 Å². The third-order valence-corrected chi connectivity index (χ3v) is 3.78. The molecule has 2 heterocycles. The summed E-state index contributed by atoms with van der Waals surface area (Å²) in [6.07, 6.45) is 1.40. The van der Waals surface area contributed by atoms with E-state index in [-0.39, 0.29) is 5.91 Å². The molecule has 0 radical (unpaired) electrons. The Morgan fingerprint density at radius 1 is 1.39 bits per heavy atom. The lowest BCUT2D eigenvalue weighted by molar-refractivity contribution is 0.0944. The predicted octanol–water partition coefficient (Wildman–Crippen LogP) is 1.76. The van der Waals surface area contributed by atoms with Crippen molar-refractivity contribution in [1.29, 1.82) is 0 Å². The van der Waals surface area contributed by atoms with E-state index in [1.54, 1.807) is 20.1 Å². The van der Waals surface area contributed by atoms with Gasteiger partial charge in [-0.1, -0.05) is 27.8 Å². The van der Waals surface area contributed by atoms with Crippen molar-refractivity contribution in [3.8, 4) is 5.75 Å². The fourth-order valence-corrected chi connectivity index (χ4v) is 2.51. The smallest absolute Gasteiger partial charge is 0.265 e. The van der Waals surface area contributed by atoms with Gasteiger partial charge in [-0.15, -0.1) is 5.10 Å². The summed E-state index contributed by atoms with van der Waals surface area (Å²) >= 11 is 1.01. The van der Waals surface area contributed by atoms with Crippen LogP contribution < -0.4 is 10.1 Å². The highest BCUT2D eigenvalue weighted by Gasteiger charge is 2.26. The fraction of sp³-hybridized carbons (Fsp3) is 0.214. The van der Waals surface area contributed by atoms with E-state index >= 15 is 0 Å². The molecule has 3 rings (SSSR count). The van der Waals surface area contributed by atoms with Crippen LogP contribution in [-0.4, -0.2) is 32.7 Å². The van der Waals surface area contributed by atoms with Gasteiger partial charge in [-0.3, -0.25) is 4.79 Å². The number of hydrogen-bond donors (Lipinski definition) is 1. The Bertz CT molecular complexity index is 802. The molecule has 1 atom stereocenters. The largest absolute Gasteiger partial charge is 0.496 e. The summed E-state index contributed by atoms with van der Waals surface area (Å²) in [6.45, 7) is 1.69. The molecule has 0 saturated carbocycles. The minimum atomic E-state index is -0.613. The molecule has 1 N–H and O–H groups in total. The molecule has 0 unspecified atom stereocenters. The number of rotatable bonds is 5. The van der Waals surface area contributed by atoms with Crippen LogP contribution in [0.2, 0.25) is 0 Å². The molecule has 118 valence electrons. The highest BCUT2D eigenvalue weighted by molar-refractivity contribution is 7.07. The number of benzene rings is 1. The molecular formula is C14H13N5O3S. The quantitative estimate of drug-likeness (QED) is 0.759. The Balaban J connectivity index is 1.99. The third-order valence-electron chi connectivity index (χ3n) is 3.11. The zero-order chi connectivity index (χ0) is 16.2. The van der Waals surface area contributed by atoms with E-state index in [1.807, 2.05) is 18.2 Å². The monoisotopic (exact) mass is 331 g/mol. The molecule has 0 fully saturated rings. The highest BCUT2D eigenvalue weighted by atomic mass is 32.1. The van der Waals surface area contributed by atoms with E-state index in [0.29, 0.717) is 22.3 Å². The van der Waals surface area contributed by atoms with Gasteiger partial charge in [0.15, 0.2) is 5.82 Å². The zero-order valence-corrected chi connectivity index (χ0v) is 13.2. The number of hydrogen-bond acceptors (Lipinski definition) is 8. The van der Waals surface area contributed by atoms with Crippen LogP contribution in [0.1, 0.15) is 33.0 Å². The molecule has 0 spiro atoms. The van der Waals surface area contributed by atoms with Crippen LogP contribution in [0.25, 0.3) is 0 Å². The zero-order valence-electron chi connectivity index (χ0n) is 12.4. The lowest BCUT2D eigenvalue weighted by Gasteiger charge is -2.17. The molecule has 1 aromatic carbocycles. The SMILES string of the molecule is COc1ccccc1[C@@H](NC(=O)c1cnns1)c1noc(C)n1. The molecule has 0 bridgehead atoms. The standard InChI is InChI=1S/C14H13N5O3S/c1-8-16-13(18-22-8)12(9-5-3-4-6-10(9)21-2)17-14(20)11-7-15-19-23-11/h3-7,12H,1-2H3,(H,17,20)/t12-/m1/s1. The van der Waals surface area contributed by atoms with Crippen molar-refractivity contribution in [2.24, 2.45) is 0 Å². The first-order valence-electron chi connectivity index (χ1n) is 6.70. The van der Waals surface area contributed by atoms with Gasteiger partial charge in [0.1, 0.15) is 16.7 Å². The molecular weight excluding hydrogens is 318 g/mol. The van der Waals surface area contributed by atoms with Crippen molar-refractivity contribution in [3.05, 3.63) is 52.6 Å². The van der Waals surface area contributed by atoms with Crippen molar-refractivity contribution in [1.82, 2.24) is 25.0 Å². The number of para-hydroxylation sites is 1. The molecule has 0 aliphatic heterocycles. The normalized spacial score (nSPS) is 11.9. The van der Waals surface area contributed by atoms with Gasteiger partial charge in [0.2, 0.25) is 5.89 Å². The Kier molecular flexibility index (Phi) is 4.29. The second kappa shape index (κ2) is 6.53. The van der Waals surface area contributed by atoms with E-state index in [2.05, 4.69) is 25.0 Å². The van der Waals surface area contributed by atoms with E-state index in [0.717, 1.165) is 17.1 Å². The first-order chi connectivity index (χ1) is 11.2. The summed E-state index contributed by atoms with van der Waals surface area (Å²) < 4.78 is 14.1. The van der Waals surface area contributed by atoms with Crippen molar-refractivity contribution in [2.75, 3.05) is 7.11 Å². The van der Waals surface area contributed by atoms with Crippen LogP contribution in [0.15, 0.2) is 35.0 Å². The van der Waals surface area contributed by atoms with E-state index in [9.17, 15) is 4.79 Å². The van der Waals surface area contributed by atoms with Gasteiger partial charge in [0, 0.05) is 12.5 Å². The lowest BCUT2D eigenvalue weighted by atomic mass is 10.0. The van der Waals surface area contributed by atoms with Crippen molar-refractivity contribution in [3.63, 3.8) is 0 Å².